The maximum absolute atomic E-state index is 13.9. The largest absolute Gasteiger partial charge is 0.465 e. The van der Waals surface area contributed by atoms with Gasteiger partial charge in [-0.1, -0.05) is 66.2 Å². The lowest BCUT2D eigenvalue weighted by atomic mass is 9.60. The Kier molecular flexibility index (Phi) is 13.6. The molecule has 2 atom stereocenters. The molecule has 0 saturated carbocycles. The smallest absolute Gasteiger partial charge is 0.318 e. The van der Waals surface area contributed by atoms with Gasteiger partial charge in [-0.3, -0.25) is 4.79 Å². The van der Waals surface area contributed by atoms with Crippen LogP contribution in [0.15, 0.2) is 22.9 Å². The number of carbonyl (C=O) groups excluding carboxylic acids is 1. The molecule has 0 amide bonds. The number of halogens is 4. The van der Waals surface area contributed by atoms with E-state index in [0.29, 0.717) is 31.4 Å². The highest BCUT2D eigenvalue weighted by molar-refractivity contribution is 6.29. The van der Waals surface area contributed by atoms with Gasteiger partial charge < -0.3 is 17.6 Å². The van der Waals surface area contributed by atoms with Crippen LogP contribution in [0.5, 0.6) is 0 Å². The van der Waals surface area contributed by atoms with E-state index in [0.717, 1.165) is 51.4 Å². The molecule has 0 saturated heterocycles. The number of esters is 1. The molecule has 9 heteroatoms. The van der Waals surface area contributed by atoms with Gasteiger partial charge in [0, 0.05) is 0 Å². The second-order valence-corrected chi connectivity index (χ2v) is 9.31. The van der Waals surface area contributed by atoms with Crippen LogP contribution in [0.3, 0.4) is 0 Å². The zero-order valence-corrected chi connectivity index (χ0v) is 22.6. The van der Waals surface area contributed by atoms with E-state index in [1.54, 1.807) is 0 Å². The number of alkyl halides is 1. The summed E-state index contributed by atoms with van der Waals surface area (Å²) in [6.45, 7) is 8.48. The van der Waals surface area contributed by atoms with Crippen LogP contribution in [0.4, 0.5) is 0 Å². The van der Waals surface area contributed by atoms with Crippen LogP contribution in [-0.2, 0) is 22.4 Å². The number of ether oxygens (including phenoxy) is 1. The van der Waals surface area contributed by atoms with Crippen LogP contribution in [0.1, 0.15) is 98.3 Å². The molecule has 0 aromatic rings. The number of allylic oxidation sites excluding steroid dienone is 1. The van der Waals surface area contributed by atoms with E-state index < -0.39 is 16.3 Å². The van der Waals surface area contributed by atoms with Crippen LogP contribution in [-0.4, -0.2) is 17.5 Å². The summed E-state index contributed by atoms with van der Waals surface area (Å²) in [5.41, 5.74) is -0.681. The van der Waals surface area contributed by atoms with E-state index in [1.807, 2.05) is 13.8 Å². The van der Waals surface area contributed by atoms with E-state index in [2.05, 4.69) is 13.8 Å². The molecule has 186 valence electrons. The highest BCUT2D eigenvalue weighted by atomic mass is 35.5. The molecule has 0 aliphatic heterocycles. The first-order chi connectivity index (χ1) is 15.4. The van der Waals surface area contributed by atoms with Crippen molar-refractivity contribution in [2.24, 2.45) is 5.41 Å². The van der Waals surface area contributed by atoms with Crippen molar-refractivity contribution in [2.45, 2.75) is 103 Å². The first-order valence-electron chi connectivity index (χ1n) is 11.6. The minimum atomic E-state index is -1.38. The molecule has 0 N–H and O–H groups in total. The van der Waals surface area contributed by atoms with Crippen molar-refractivity contribution >= 4 is 53.2 Å². The first-order valence-corrected chi connectivity index (χ1v) is 12.9. The van der Waals surface area contributed by atoms with Crippen molar-refractivity contribution in [1.82, 2.24) is 0 Å². The van der Waals surface area contributed by atoms with Crippen molar-refractivity contribution in [3.8, 4) is 0 Å². The first kappa shape index (κ1) is 29.5. The molecule has 0 aromatic heterocycles. The summed E-state index contributed by atoms with van der Waals surface area (Å²) in [6.07, 6.45) is 7.77. The second-order valence-electron chi connectivity index (χ2n) is 8.20. The average molecular weight is 534 g/mol. The normalized spacial score (nSPS) is 23.4. The minimum Gasteiger partial charge on any atom is -0.465 e. The van der Waals surface area contributed by atoms with Gasteiger partial charge in [-0.25, -0.2) is 0 Å². The van der Waals surface area contributed by atoms with Gasteiger partial charge in [-0.05, 0) is 37.7 Å². The molecule has 2 unspecified atom stereocenters. The molecular weight excluding hydrogens is 498 g/mol. The van der Waals surface area contributed by atoms with Gasteiger partial charge in [0.2, 0.25) is 5.76 Å². The second kappa shape index (κ2) is 14.7. The molecular formula is C23H36Cl4O5. The van der Waals surface area contributed by atoms with Gasteiger partial charge >= 0.3 is 5.97 Å². The Morgan fingerprint density at radius 2 is 1.34 bits per heavy atom. The molecule has 5 nitrogen and oxygen atoms in total. The number of unbranched alkanes of at least 4 members (excludes halogenated alkanes) is 4. The summed E-state index contributed by atoms with van der Waals surface area (Å²) >= 11 is 25.1. The number of rotatable bonds is 16. The van der Waals surface area contributed by atoms with Gasteiger partial charge in [0.05, 0.1) is 6.61 Å². The molecule has 0 radical (unpaired) electrons. The van der Waals surface area contributed by atoms with Crippen LogP contribution < -0.4 is 0 Å². The molecule has 1 aliphatic carbocycles. The fourth-order valence-electron chi connectivity index (χ4n) is 4.33. The SMILES string of the molecule is CCCCOC(=O)C1(CCCC)C(CCCC)=C(OCl)C(OCl)=C(OCl)C1(Cl)CCCC. The maximum Gasteiger partial charge on any atom is 0.318 e. The highest BCUT2D eigenvalue weighted by Crippen LogP contribution is 2.61. The van der Waals surface area contributed by atoms with E-state index >= 15 is 0 Å². The van der Waals surface area contributed by atoms with Crippen LogP contribution in [0.25, 0.3) is 0 Å². The quantitative estimate of drug-likeness (QED) is 0.113. The standard InChI is InChI=1S/C23H36Cl4O5/c1-5-9-13-17-18(30-25)19(31-26)20(32-27)23(24,15-11-7-3)22(17,14-10-6-2)21(28)29-16-12-8-4/h5-16H2,1-4H3. The van der Waals surface area contributed by atoms with Gasteiger partial charge in [-0.15, -0.1) is 11.6 Å². The summed E-state index contributed by atoms with van der Waals surface area (Å²) in [6, 6.07) is 0. The van der Waals surface area contributed by atoms with Crippen molar-refractivity contribution in [1.29, 1.82) is 0 Å². The summed E-state index contributed by atoms with van der Waals surface area (Å²) in [5, 5.41) is 0. The molecule has 0 spiro atoms. The maximum atomic E-state index is 13.9. The van der Waals surface area contributed by atoms with E-state index in [9.17, 15) is 4.79 Å². The van der Waals surface area contributed by atoms with E-state index in [-0.39, 0.29) is 17.3 Å². The third-order valence-corrected chi connectivity index (χ3v) is 7.26. The van der Waals surface area contributed by atoms with Crippen molar-refractivity contribution in [3.63, 3.8) is 0 Å². The zero-order valence-electron chi connectivity index (χ0n) is 19.5. The minimum absolute atomic E-state index is 0.0117. The topological polar surface area (TPSA) is 54.0 Å². The summed E-state index contributed by atoms with van der Waals surface area (Å²) in [4.78, 5) is 12.6. The van der Waals surface area contributed by atoms with Crippen LogP contribution >= 0.6 is 47.2 Å². The molecule has 32 heavy (non-hydrogen) atoms. The summed E-state index contributed by atoms with van der Waals surface area (Å²) < 4.78 is 21.4. The number of hydrogen-bond acceptors (Lipinski definition) is 5. The molecule has 1 rings (SSSR count). The fraction of sp³-hybridized carbons (Fsp3) is 0.783. The van der Waals surface area contributed by atoms with Crippen molar-refractivity contribution < 1.29 is 22.4 Å². The third kappa shape index (κ3) is 5.95. The molecule has 1 aliphatic rings. The summed E-state index contributed by atoms with van der Waals surface area (Å²) in [7, 11) is 0. The van der Waals surface area contributed by atoms with Gasteiger partial charge in [0.1, 0.15) is 45.9 Å². The Bertz CT molecular complexity index is 667. The predicted molar refractivity (Wildman–Crippen MR) is 130 cm³/mol. The fourth-order valence-corrected chi connectivity index (χ4v) is 5.42. The Labute approximate surface area is 213 Å². The van der Waals surface area contributed by atoms with E-state index in [1.165, 1.54) is 0 Å². The Balaban J connectivity index is 3.94. The van der Waals surface area contributed by atoms with Gasteiger partial charge in [-0.2, -0.15) is 0 Å². The van der Waals surface area contributed by atoms with E-state index in [4.69, 9.17) is 64.8 Å². The van der Waals surface area contributed by atoms with Crippen LogP contribution in [0, 0.1) is 5.41 Å². The monoisotopic (exact) mass is 532 g/mol. The Hall–Kier alpha value is -0.490. The third-order valence-electron chi connectivity index (χ3n) is 6.11. The molecule has 0 heterocycles. The lowest BCUT2D eigenvalue weighted by Crippen LogP contribution is -2.56. The zero-order chi connectivity index (χ0) is 24.2. The van der Waals surface area contributed by atoms with Crippen LogP contribution in [0.2, 0.25) is 0 Å². The molecule has 0 aromatic carbocycles. The summed E-state index contributed by atoms with van der Waals surface area (Å²) in [5.74, 6) is -0.309. The average Bonchev–Trinajstić information content (AvgIpc) is 2.80. The Morgan fingerprint density at radius 3 is 1.84 bits per heavy atom. The van der Waals surface area contributed by atoms with Gasteiger partial charge in [0.25, 0.3) is 0 Å². The number of carbonyl (C=O) groups is 1. The predicted octanol–water partition coefficient (Wildman–Crippen LogP) is 8.85. The van der Waals surface area contributed by atoms with Gasteiger partial charge in [0.15, 0.2) is 11.5 Å². The molecule has 0 fully saturated rings. The highest BCUT2D eigenvalue weighted by Gasteiger charge is 2.66. The Morgan fingerprint density at radius 1 is 0.781 bits per heavy atom. The van der Waals surface area contributed by atoms with Crippen molar-refractivity contribution in [2.75, 3.05) is 6.61 Å². The lowest BCUT2D eigenvalue weighted by Gasteiger charge is -2.49. The van der Waals surface area contributed by atoms with Crippen molar-refractivity contribution in [3.05, 3.63) is 22.9 Å². The molecule has 0 bridgehead atoms. The lowest BCUT2D eigenvalue weighted by molar-refractivity contribution is -0.157. The number of hydrogen-bond donors (Lipinski definition) is 0.